The molecule has 3 heterocycles. The molecule has 6 heteroatoms. The van der Waals surface area contributed by atoms with Crippen molar-refractivity contribution < 1.29 is 0 Å². The average Bonchev–Trinajstić information content (AvgIpc) is 3.38. The van der Waals surface area contributed by atoms with Crippen molar-refractivity contribution >= 4 is 23.1 Å². The van der Waals surface area contributed by atoms with E-state index in [4.69, 9.17) is 0 Å². The van der Waals surface area contributed by atoms with Crippen molar-refractivity contribution in [3.63, 3.8) is 0 Å². The second kappa shape index (κ2) is 8.49. The number of hydrogen-bond acceptors (Lipinski definition) is 4. The maximum absolute atomic E-state index is 4.52. The van der Waals surface area contributed by atoms with Gasteiger partial charge in [0.15, 0.2) is 0 Å². The summed E-state index contributed by atoms with van der Waals surface area (Å²) in [4.78, 5) is 2.51. The standard InChI is InChI=1S/C25H28N6/c1-18-13-25-23(24(28-29-25)8-5-20-15-27-30(2)16-20)14-22(18)21-6-3-19(4-7-21)17-31-11-9-26-10-12-31/h3-8,13-16,26H,9-12,17H2,1-2H3,(H,28,29)/b8-5+. The van der Waals surface area contributed by atoms with Gasteiger partial charge in [-0.1, -0.05) is 24.3 Å². The molecule has 2 aromatic heterocycles. The molecular weight excluding hydrogens is 384 g/mol. The predicted molar refractivity (Wildman–Crippen MR) is 127 cm³/mol. The van der Waals surface area contributed by atoms with Gasteiger partial charge in [-0.05, 0) is 53.5 Å². The number of nitrogens with one attached hydrogen (secondary N) is 2. The third kappa shape index (κ3) is 4.31. The zero-order valence-corrected chi connectivity index (χ0v) is 18.1. The van der Waals surface area contributed by atoms with Crippen molar-refractivity contribution in [1.29, 1.82) is 0 Å². The Hall–Kier alpha value is -3.22. The number of aromatic nitrogens is 4. The fourth-order valence-corrected chi connectivity index (χ4v) is 4.25. The molecule has 2 aromatic carbocycles. The Labute approximate surface area is 182 Å². The van der Waals surface area contributed by atoms with E-state index in [1.165, 1.54) is 22.3 Å². The molecule has 0 radical (unpaired) electrons. The molecule has 4 aromatic rings. The molecule has 31 heavy (non-hydrogen) atoms. The monoisotopic (exact) mass is 412 g/mol. The van der Waals surface area contributed by atoms with Crippen LogP contribution < -0.4 is 5.32 Å². The average molecular weight is 413 g/mol. The highest BCUT2D eigenvalue weighted by Gasteiger charge is 2.12. The lowest BCUT2D eigenvalue weighted by molar-refractivity contribution is 0.233. The van der Waals surface area contributed by atoms with Gasteiger partial charge in [-0.3, -0.25) is 14.7 Å². The van der Waals surface area contributed by atoms with Crippen molar-refractivity contribution in [2.24, 2.45) is 7.05 Å². The van der Waals surface area contributed by atoms with Crippen molar-refractivity contribution in [2.45, 2.75) is 13.5 Å². The highest BCUT2D eigenvalue weighted by atomic mass is 15.2. The minimum Gasteiger partial charge on any atom is -0.314 e. The quantitative estimate of drug-likeness (QED) is 0.523. The summed E-state index contributed by atoms with van der Waals surface area (Å²) in [6.45, 7) is 7.58. The van der Waals surface area contributed by atoms with Crippen LogP contribution in [0.3, 0.4) is 0 Å². The van der Waals surface area contributed by atoms with E-state index in [1.54, 1.807) is 4.68 Å². The number of H-pyrrole nitrogens is 1. The van der Waals surface area contributed by atoms with Gasteiger partial charge in [0.25, 0.3) is 0 Å². The van der Waals surface area contributed by atoms with Crippen LogP contribution in [0.1, 0.15) is 22.4 Å². The van der Waals surface area contributed by atoms with E-state index in [9.17, 15) is 0 Å². The number of hydrogen-bond donors (Lipinski definition) is 2. The van der Waals surface area contributed by atoms with Gasteiger partial charge in [-0.2, -0.15) is 10.2 Å². The van der Waals surface area contributed by atoms with Crippen LogP contribution in [0.4, 0.5) is 0 Å². The van der Waals surface area contributed by atoms with Crippen molar-refractivity contribution in [2.75, 3.05) is 26.2 Å². The van der Waals surface area contributed by atoms with E-state index in [0.29, 0.717) is 0 Å². The Bertz CT molecular complexity index is 1210. The molecule has 1 fully saturated rings. The summed E-state index contributed by atoms with van der Waals surface area (Å²) in [6, 6.07) is 13.5. The third-order valence-electron chi connectivity index (χ3n) is 5.98. The van der Waals surface area contributed by atoms with Crippen LogP contribution >= 0.6 is 0 Å². The molecule has 0 spiro atoms. The fourth-order valence-electron chi connectivity index (χ4n) is 4.25. The van der Waals surface area contributed by atoms with Gasteiger partial charge < -0.3 is 5.32 Å². The topological polar surface area (TPSA) is 61.8 Å². The van der Waals surface area contributed by atoms with Crippen molar-refractivity contribution in [3.8, 4) is 11.1 Å². The Kier molecular flexibility index (Phi) is 5.40. The maximum atomic E-state index is 4.52. The number of benzene rings is 2. The largest absolute Gasteiger partial charge is 0.314 e. The molecule has 0 unspecified atom stereocenters. The molecule has 1 aliphatic rings. The molecule has 6 nitrogen and oxygen atoms in total. The Morgan fingerprint density at radius 1 is 1.06 bits per heavy atom. The maximum Gasteiger partial charge on any atom is 0.0927 e. The van der Waals surface area contributed by atoms with Crippen LogP contribution in [0, 0.1) is 6.92 Å². The third-order valence-corrected chi connectivity index (χ3v) is 5.98. The molecule has 0 amide bonds. The van der Waals surface area contributed by atoms with E-state index in [0.717, 1.165) is 54.9 Å². The number of piperazine rings is 1. The highest BCUT2D eigenvalue weighted by molar-refractivity contribution is 5.93. The van der Waals surface area contributed by atoms with Gasteiger partial charge in [-0.25, -0.2) is 0 Å². The molecule has 0 saturated carbocycles. The summed E-state index contributed by atoms with van der Waals surface area (Å²) in [5, 5.41) is 16.5. The van der Waals surface area contributed by atoms with Crippen LogP contribution in [-0.4, -0.2) is 51.1 Å². The summed E-state index contributed by atoms with van der Waals surface area (Å²) >= 11 is 0. The summed E-state index contributed by atoms with van der Waals surface area (Å²) in [6.07, 6.45) is 7.93. The highest BCUT2D eigenvalue weighted by Crippen LogP contribution is 2.30. The number of fused-ring (bicyclic) bond motifs is 1. The van der Waals surface area contributed by atoms with Crippen LogP contribution in [0.15, 0.2) is 48.8 Å². The molecule has 5 rings (SSSR count). The fraction of sp³-hybridized carbons (Fsp3) is 0.280. The second-order valence-electron chi connectivity index (χ2n) is 8.33. The van der Waals surface area contributed by atoms with E-state index >= 15 is 0 Å². The zero-order valence-electron chi connectivity index (χ0n) is 18.1. The lowest BCUT2D eigenvalue weighted by Gasteiger charge is -2.27. The first-order valence-electron chi connectivity index (χ1n) is 10.8. The molecule has 0 aliphatic carbocycles. The van der Waals surface area contributed by atoms with Gasteiger partial charge >= 0.3 is 0 Å². The van der Waals surface area contributed by atoms with E-state index in [2.05, 4.69) is 68.8 Å². The molecule has 0 bridgehead atoms. The lowest BCUT2D eigenvalue weighted by atomic mass is 9.97. The summed E-state index contributed by atoms with van der Waals surface area (Å²) in [5.74, 6) is 0. The lowest BCUT2D eigenvalue weighted by Crippen LogP contribution is -2.42. The van der Waals surface area contributed by atoms with Gasteiger partial charge in [-0.15, -0.1) is 0 Å². The normalized spacial score (nSPS) is 15.3. The molecule has 2 N–H and O–H groups in total. The second-order valence-corrected chi connectivity index (χ2v) is 8.33. The first-order chi connectivity index (χ1) is 15.2. The smallest absolute Gasteiger partial charge is 0.0927 e. The summed E-state index contributed by atoms with van der Waals surface area (Å²) in [7, 11) is 1.92. The number of aryl methyl sites for hydroxylation is 2. The van der Waals surface area contributed by atoms with Crippen molar-refractivity contribution in [1.82, 2.24) is 30.2 Å². The number of nitrogens with zero attached hydrogens (tertiary/aromatic N) is 4. The minimum atomic E-state index is 0.940. The zero-order chi connectivity index (χ0) is 21.2. The first-order valence-corrected chi connectivity index (χ1v) is 10.8. The Balaban J connectivity index is 1.41. The van der Waals surface area contributed by atoms with Crippen LogP contribution in [-0.2, 0) is 13.6 Å². The minimum absolute atomic E-state index is 0.940. The van der Waals surface area contributed by atoms with Crippen LogP contribution in [0.25, 0.3) is 34.2 Å². The van der Waals surface area contributed by atoms with E-state index < -0.39 is 0 Å². The van der Waals surface area contributed by atoms with Gasteiger partial charge in [0.1, 0.15) is 0 Å². The first kappa shape index (κ1) is 19.7. The van der Waals surface area contributed by atoms with E-state index in [-0.39, 0.29) is 0 Å². The van der Waals surface area contributed by atoms with Gasteiger partial charge in [0.2, 0.25) is 0 Å². The number of rotatable bonds is 5. The summed E-state index contributed by atoms with van der Waals surface area (Å²) in [5.41, 5.74) is 8.16. The number of aromatic amines is 1. The predicted octanol–water partition coefficient (Wildman–Crippen LogP) is 3.85. The van der Waals surface area contributed by atoms with Gasteiger partial charge in [0.05, 0.1) is 17.4 Å². The Morgan fingerprint density at radius 3 is 2.61 bits per heavy atom. The van der Waals surface area contributed by atoms with Gasteiger partial charge in [0, 0.05) is 56.9 Å². The molecule has 158 valence electrons. The summed E-state index contributed by atoms with van der Waals surface area (Å²) < 4.78 is 1.80. The van der Waals surface area contributed by atoms with Crippen molar-refractivity contribution in [3.05, 3.63) is 71.2 Å². The van der Waals surface area contributed by atoms with E-state index in [1.807, 2.05) is 31.6 Å². The molecule has 1 saturated heterocycles. The Morgan fingerprint density at radius 2 is 1.87 bits per heavy atom. The SMILES string of the molecule is Cc1cc2[nH]nc(/C=C/c3cnn(C)c3)c2cc1-c1ccc(CN2CCNCC2)cc1. The van der Waals surface area contributed by atoms with Crippen LogP contribution in [0.2, 0.25) is 0 Å². The molecule has 0 atom stereocenters. The molecular formula is C25H28N6. The van der Waals surface area contributed by atoms with Crippen LogP contribution in [0.5, 0.6) is 0 Å². The molecule has 1 aliphatic heterocycles.